The first-order chi connectivity index (χ1) is 22.8. The fourth-order valence-electron chi connectivity index (χ4n) is 6.24. The summed E-state index contributed by atoms with van der Waals surface area (Å²) in [6, 6.07) is 6.56. The SMILES string of the molecule is CCCCCCCCCCCCOCc1cc(COCCCCCCCCCCCC)cc(-c2nn3nc(C(C)(C)C)c(Cl)c3[nH]2)c1. The summed E-state index contributed by atoms with van der Waals surface area (Å²) in [6.07, 6.45) is 26.6. The number of halogens is 1. The first kappa shape index (κ1) is 39.5. The number of ether oxygens (including phenoxy) is 2. The zero-order valence-corrected chi connectivity index (χ0v) is 31.5. The highest BCUT2D eigenvalue weighted by Gasteiger charge is 2.25. The van der Waals surface area contributed by atoms with Crippen molar-refractivity contribution in [1.82, 2.24) is 19.8 Å². The highest BCUT2D eigenvalue weighted by atomic mass is 35.5. The van der Waals surface area contributed by atoms with Crippen molar-refractivity contribution in [2.75, 3.05) is 13.2 Å². The van der Waals surface area contributed by atoms with E-state index >= 15 is 0 Å². The van der Waals surface area contributed by atoms with Gasteiger partial charge in [-0.05, 0) is 36.1 Å². The van der Waals surface area contributed by atoms with Crippen molar-refractivity contribution in [2.24, 2.45) is 0 Å². The molecule has 0 fully saturated rings. The number of nitrogens with zero attached hydrogens (tertiary/aromatic N) is 3. The number of hydrogen-bond donors (Lipinski definition) is 1. The molecule has 7 heteroatoms. The van der Waals surface area contributed by atoms with Crippen LogP contribution in [0.5, 0.6) is 0 Å². The van der Waals surface area contributed by atoms with E-state index in [9.17, 15) is 0 Å². The Morgan fingerprint density at radius 2 is 1.04 bits per heavy atom. The number of nitrogens with one attached hydrogen (secondary N) is 1. The first-order valence-electron chi connectivity index (χ1n) is 19.3. The molecule has 0 saturated heterocycles. The van der Waals surface area contributed by atoms with E-state index in [1.165, 1.54) is 116 Å². The van der Waals surface area contributed by atoms with Crippen LogP contribution in [0.2, 0.25) is 5.02 Å². The van der Waals surface area contributed by atoms with Gasteiger partial charge < -0.3 is 14.5 Å². The lowest BCUT2D eigenvalue weighted by Gasteiger charge is -2.14. The van der Waals surface area contributed by atoms with Crippen molar-refractivity contribution in [3.05, 3.63) is 40.0 Å². The van der Waals surface area contributed by atoms with Gasteiger partial charge in [0.05, 0.1) is 18.9 Å². The molecule has 47 heavy (non-hydrogen) atoms. The average Bonchev–Trinajstić information content (AvgIpc) is 3.61. The van der Waals surface area contributed by atoms with E-state index in [2.05, 4.69) is 57.8 Å². The molecule has 0 radical (unpaired) electrons. The summed E-state index contributed by atoms with van der Waals surface area (Å²) in [5, 5.41) is 10.1. The molecule has 1 aromatic carbocycles. The minimum atomic E-state index is -0.157. The summed E-state index contributed by atoms with van der Waals surface area (Å²) in [5.41, 5.74) is 4.70. The van der Waals surface area contributed by atoms with Crippen LogP contribution in [-0.4, -0.2) is 33.0 Å². The average molecular weight is 671 g/mol. The summed E-state index contributed by atoms with van der Waals surface area (Å²) in [5.74, 6) is 0.752. The number of H-pyrrole nitrogens is 1. The number of hydrogen-bond acceptors (Lipinski definition) is 4. The Balaban J connectivity index is 1.49. The number of benzene rings is 1. The Bertz CT molecular complexity index is 1200. The quantitative estimate of drug-likeness (QED) is 0.0820. The molecule has 0 bridgehead atoms. The van der Waals surface area contributed by atoms with Gasteiger partial charge in [-0.15, -0.1) is 9.73 Å². The van der Waals surface area contributed by atoms with Crippen LogP contribution in [0.15, 0.2) is 18.2 Å². The maximum absolute atomic E-state index is 6.74. The molecule has 0 spiro atoms. The Morgan fingerprint density at radius 3 is 1.45 bits per heavy atom. The Kier molecular flexibility index (Phi) is 19.1. The van der Waals surface area contributed by atoms with E-state index < -0.39 is 0 Å². The summed E-state index contributed by atoms with van der Waals surface area (Å²) in [4.78, 5) is 3.43. The van der Waals surface area contributed by atoms with Crippen LogP contribution < -0.4 is 0 Å². The van der Waals surface area contributed by atoms with Crippen molar-refractivity contribution >= 4 is 17.2 Å². The molecule has 3 rings (SSSR count). The van der Waals surface area contributed by atoms with Crippen molar-refractivity contribution < 1.29 is 9.47 Å². The highest BCUT2D eigenvalue weighted by molar-refractivity contribution is 6.34. The Labute approximate surface area is 292 Å². The van der Waals surface area contributed by atoms with Gasteiger partial charge in [0, 0.05) is 24.2 Å². The van der Waals surface area contributed by atoms with Gasteiger partial charge in [-0.3, -0.25) is 0 Å². The maximum atomic E-state index is 6.74. The van der Waals surface area contributed by atoms with Crippen LogP contribution in [-0.2, 0) is 28.1 Å². The fraction of sp³-hybridized carbons (Fsp3) is 0.750. The Hall–Kier alpha value is -1.89. The molecular formula is C40H67ClN4O2. The largest absolute Gasteiger partial charge is 0.377 e. The van der Waals surface area contributed by atoms with Gasteiger partial charge in [0.1, 0.15) is 5.02 Å². The first-order valence-corrected chi connectivity index (χ1v) is 19.6. The van der Waals surface area contributed by atoms with E-state index in [4.69, 9.17) is 31.3 Å². The third-order valence-corrected chi connectivity index (χ3v) is 9.46. The molecule has 3 aromatic rings. The van der Waals surface area contributed by atoms with E-state index in [1.54, 1.807) is 4.63 Å². The Morgan fingerprint density at radius 1 is 0.617 bits per heavy atom. The predicted molar refractivity (Wildman–Crippen MR) is 199 cm³/mol. The molecule has 0 aliphatic carbocycles. The van der Waals surface area contributed by atoms with Gasteiger partial charge in [-0.25, -0.2) is 0 Å². The second-order valence-corrected chi connectivity index (χ2v) is 15.1. The smallest absolute Gasteiger partial charge is 0.175 e. The normalized spacial score (nSPS) is 12.1. The number of rotatable bonds is 27. The lowest BCUT2D eigenvalue weighted by Crippen LogP contribution is -2.13. The van der Waals surface area contributed by atoms with Crippen LogP contribution >= 0.6 is 11.6 Å². The molecule has 0 aliphatic rings. The molecule has 0 amide bonds. The zero-order valence-electron chi connectivity index (χ0n) is 30.7. The number of fused-ring (bicyclic) bond motifs is 1. The van der Waals surface area contributed by atoms with Gasteiger partial charge in [0.15, 0.2) is 11.5 Å². The fourth-order valence-corrected chi connectivity index (χ4v) is 6.68. The summed E-state index contributed by atoms with van der Waals surface area (Å²) >= 11 is 6.74. The van der Waals surface area contributed by atoms with Gasteiger partial charge >= 0.3 is 0 Å². The van der Waals surface area contributed by atoms with E-state index in [1.807, 2.05) is 0 Å². The van der Waals surface area contributed by atoms with Crippen LogP contribution in [0.4, 0.5) is 0 Å². The molecule has 0 atom stereocenters. The molecule has 6 nitrogen and oxygen atoms in total. The lowest BCUT2D eigenvalue weighted by molar-refractivity contribution is 0.113. The van der Waals surface area contributed by atoms with Crippen LogP contribution in [0.3, 0.4) is 0 Å². The molecule has 1 N–H and O–H groups in total. The standard InChI is InChI=1S/C40H67ClN4O2/c1-6-8-10-12-14-16-18-20-22-24-26-46-31-33-28-34(32-47-27-25-23-21-19-17-15-13-11-9-7-2)30-35(29-33)38-42-39-36(41)37(40(3,4)5)43-45(39)44-38/h28-30H,6-27,31-32H2,1-5H3,(H,42,44). The second kappa shape index (κ2) is 22.7. The monoisotopic (exact) mass is 670 g/mol. The van der Waals surface area contributed by atoms with Crippen LogP contribution in [0.25, 0.3) is 17.0 Å². The topological polar surface area (TPSA) is 64.4 Å². The van der Waals surface area contributed by atoms with Gasteiger partial charge in [-0.2, -0.15) is 5.10 Å². The van der Waals surface area contributed by atoms with Crippen molar-refractivity contribution in [3.63, 3.8) is 0 Å². The zero-order chi connectivity index (χ0) is 33.7. The van der Waals surface area contributed by atoms with Gasteiger partial charge in [0.25, 0.3) is 0 Å². The molecule has 0 aliphatic heterocycles. The van der Waals surface area contributed by atoms with Crippen molar-refractivity contribution in [3.8, 4) is 11.4 Å². The van der Waals surface area contributed by atoms with Crippen LogP contribution in [0.1, 0.15) is 180 Å². The van der Waals surface area contributed by atoms with Crippen molar-refractivity contribution in [1.29, 1.82) is 0 Å². The lowest BCUT2D eigenvalue weighted by atomic mass is 9.92. The van der Waals surface area contributed by atoms with E-state index in [0.717, 1.165) is 59.9 Å². The number of unbranched alkanes of at least 4 members (excludes halogenated alkanes) is 18. The molecule has 0 unspecified atom stereocenters. The van der Waals surface area contributed by atoms with Crippen LogP contribution in [0, 0.1) is 0 Å². The summed E-state index contributed by atoms with van der Waals surface area (Å²) in [6.45, 7) is 13.7. The molecule has 2 heterocycles. The van der Waals surface area contributed by atoms with E-state index in [0.29, 0.717) is 18.2 Å². The minimum Gasteiger partial charge on any atom is -0.377 e. The second-order valence-electron chi connectivity index (χ2n) is 14.7. The van der Waals surface area contributed by atoms with Gasteiger partial charge in [0.2, 0.25) is 0 Å². The third-order valence-electron chi connectivity index (χ3n) is 9.10. The molecule has 266 valence electrons. The van der Waals surface area contributed by atoms with E-state index in [-0.39, 0.29) is 5.41 Å². The molecular weight excluding hydrogens is 604 g/mol. The number of aromatic nitrogens is 4. The van der Waals surface area contributed by atoms with Gasteiger partial charge in [-0.1, -0.05) is 168 Å². The van der Waals surface area contributed by atoms with Crippen molar-refractivity contribution in [2.45, 2.75) is 182 Å². The third kappa shape index (κ3) is 15.0. The minimum absolute atomic E-state index is 0.157. The maximum Gasteiger partial charge on any atom is 0.175 e. The summed E-state index contributed by atoms with van der Waals surface area (Å²) < 4.78 is 14.0. The predicted octanol–water partition coefficient (Wildman–Crippen LogP) is 12.6. The molecule has 2 aromatic heterocycles. The number of aromatic amines is 1. The molecule has 0 saturated carbocycles. The summed E-state index contributed by atoms with van der Waals surface area (Å²) in [7, 11) is 0. The highest BCUT2D eigenvalue weighted by Crippen LogP contribution is 2.32.